The van der Waals surface area contributed by atoms with E-state index in [1.165, 1.54) is 24.8 Å². The second-order valence-corrected chi connectivity index (χ2v) is 5.56. The first kappa shape index (κ1) is 14.7. The van der Waals surface area contributed by atoms with Gasteiger partial charge in [0.1, 0.15) is 0 Å². The molecule has 1 aromatic carbocycles. The van der Waals surface area contributed by atoms with E-state index in [2.05, 4.69) is 48.1 Å². The zero-order valence-electron chi connectivity index (χ0n) is 13.0. The summed E-state index contributed by atoms with van der Waals surface area (Å²) in [5.41, 5.74) is 4.55. The van der Waals surface area contributed by atoms with E-state index in [9.17, 15) is 0 Å². The Labute approximate surface area is 122 Å². The van der Waals surface area contributed by atoms with Crippen molar-refractivity contribution < 1.29 is 0 Å². The molecule has 1 heterocycles. The second kappa shape index (κ2) is 6.65. The summed E-state index contributed by atoms with van der Waals surface area (Å²) < 4.78 is 0. The van der Waals surface area contributed by atoms with Crippen molar-refractivity contribution in [2.24, 2.45) is 5.92 Å². The SMILES string of the molecule is CCC(CC)Cc1ccc(-c2nc(C)cc(C)n2)cc1. The number of hydrogen-bond donors (Lipinski definition) is 0. The number of aromatic nitrogens is 2. The Morgan fingerprint density at radius 1 is 0.900 bits per heavy atom. The van der Waals surface area contributed by atoms with Gasteiger partial charge in [0.2, 0.25) is 0 Å². The van der Waals surface area contributed by atoms with Gasteiger partial charge in [0.15, 0.2) is 5.82 Å². The Kier molecular flexibility index (Phi) is 4.89. The Hall–Kier alpha value is -1.70. The fourth-order valence-corrected chi connectivity index (χ4v) is 2.56. The molecule has 0 aliphatic rings. The lowest BCUT2D eigenvalue weighted by molar-refractivity contribution is 0.490. The zero-order valence-corrected chi connectivity index (χ0v) is 13.0. The van der Waals surface area contributed by atoms with Gasteiger partial charge in [-0.1, -0.05) is 51.0 Å². The van der Waals surface area contributed by atoms with Gasteiger partial charge in [-0.2, -0.15) is 0 Å². The van der Waals surface area contributed by atoms with Crippen molar-refractivity contribution in [3.63, 3.8) is 0 Å². The van der Waals surface area contributed by atoms with Gasteiger partial charge in [-0.25, -0.2) is 9.97 Å². The maximum atomic E-state index is 4.52. The van der Waals surface area contributed by atoms with Gasteiger partial charge in [0.25, 0.3) is 0 Å². The van der Waals surface area contributed by atoms with Crippen molar-refractivity contribution in [2.45, 2.75) is 47.0 Å². The molecule has 2 nitrogen and oxygen atoms in total. The van der Waals surface area contributed by atoms with Gasteiger partial charge in [0, 0.05) is 17.0 Å². The molecule has 0 bridgehead atoms. The maximum absolute atomic E-state index is 4.52. The smallest absolute Gasteiger partial charge is 0.159 e. The topological polar surface area (TPSA) is 25.8 Å². The van der Waals surface area contributed by atoms with Gasteiger partial charge >= 0.3 is 0 Å². The van der Waals surface area contributed by atoms with Crippen LogP contribution in [0.25, 0.3) is 11.4 Å². The molecule has 0 fully saturated rings. The fraction of sp³-hybridized carbons (Fsp3) is 0.444. The van der Waals surface area contributed by atoms with Crippen LogP contribution in [0.2, 0.25) is 0 Å². The van der Waals surface area contributed by atoms with E-state index < -0.39 is 0 Å². The molecule has 0 unspecified atom stereocenters. The normalized spacial score (nSPS) is 11.1. The molecule has 2 heteroatoms. The lowest BCUT2D eigenvalue weighted by atomic mass is 9.94. The summed E-state index contributed by atoms with van der Waals surface area (Å²) in [5.74, 6) is 1.62. The van der Waals surface area contributed by atoms with Crippen molar-refractivity contribution in [3.8, 4) is 11.4 Å². The number of hydrogen-bond acceptors (Lipinski definition) is 2. The van der Waals surface area contributed by atoms with Crippen LogP contribution in [0.15, 0.2) is 30.3 Å². The molecule has 0 N–H and O–H groups in total. The van der Waals surface area contributed by atoms with Crippen molar-refractivity contribution in [3.05, 3.63) is 47.3 Å². The number of rotatable bonds is 5. The molecule has 106 valence electrons. The zero-order chi connectivity index (χ0) is 14.5. The molecular weight excluding hydrogens is 244 g/mol. The largest absolute Gasteiger partial charge is 0.233 e. The first-order valence-corrected chi connectivity index (χ1v) is 7.54. The van der Waals surface area contributed by atoms with E-state index in [0.717, 1.165) is 28.7 Å². The van der Waals surface area contributed by atoms with Crippen molar-refractivity contribution >= 4 is 0 Å². The average molecular weight is 268 g/mol. The molecule has 0 amide bonds. The predicted octanol–water partition coefficient (Wildman–Crippen LogP) is 4.74. The summed E-state index contributed by atoms with van der Waals surface area (Å²) in [6.45, 7) is 8.57. The Bertz CT molecular complexity index is 534. The molecule has 0 atom stereocenters. The monoisotopic (exact) mass is 268 g/mol. The van der Waals surface area contributed by atoms with Crippen molar-refractivity contribution in [2.75, 3.05) is 0 Å². The van der Waals surface area contributed by atoms with Crippen LogP contribution in [0.5, 0.6) is 0 Å². The Morgan fingerprint density at radius 3 is 1.95 bits per heavy atom. The van der Waals surface area contributed by atoms with Gasteiger partial charge in [-0.15, -0.1) is 0 Å². The Balaban J connectivity index is 2.19. The van der Waals surface area contributed by atoms with E-state index >= 15 is 0 Å². The number of nitrogens with zero attached hydrogens (tertiary/aromatic N) is 2. The minimum Gasteiger partial charge on any atom is -0.233 e. The predicted molar refractivity (Wildman–Crippen MR) is 84.7 cm³/mol. The van der Waals surface area contributed by atoms with Gasteiger partial charge in [0.05, 0.1) is 0 Å². The molecule has 20 heavy (non-hydrogen) atoms. The minimum atomic E-state index is 0.790. The summed E-state index contributed by atoms with van der Waals surface area (Å²) in [7, 11) is 0. The third-order valence-corrected chi connectivity index (χ3v) is 3.87. The van der Waals surface area contributed by atoms with Crippen LogP contribution in [0.3, 0.4) is 0 Å². The number of aryl methyl sites for hydroxylation is 2. The Morgan fingerprint density at radius 2 is 1.45 bits per heavy atom. The van der Waals surface area contributed by atoms with E-state index in [0.29, 0.717) is 0 Å². The van der Waals surface area contributed by atoms with E-state index in [-0.39, 0.29) is 0 Å². The average Bonchev–Trinajstić information content (AvgIpc) is 2.44. The maximum Gasteiger partial charge on any atom is 0.159 e. The highest BCUT2D eigenvalue weighted by atomic mass is 14.9. The minimum absolute atomic E-state index is 0.790. The molecule has 2 rings (SSSR count). The van der Waals surface area contributed by atoms with Crippen molar-refractivity contribution in [1.29, 1.82) is 0 Å². The highest BCUT2D eigenvalue weighted by Crippen LogP contribution is 2.20. The lowest BCUT2D eigenvalue weighted by Gasteiger charge is -2.12. The molecule has 0 saturated heterocycles. The first-order chi connectivity index (χ1) is 9.62. The van der Waals surface area contributed by atoms with Crippen LogP contribution < -0.4 is 0 Å². The summed E-state index contributed by atoms with van der Waals surface area (Å²) in [5, 5.41) is 0. The number of benzene rings is 1. The van der Waals surface area contributed by atoms with Gasteiger partial charge < -0.3 is 0 Å². The lowest BCUT2D eigenvalue weighted by Crippen LogP contribution is -2.01. The van der Waals surface area contributed by atoms with Crippen LogP contribution in [0.4, 0.5) is 0 Å². The molecule has 0 aliphatic heterocycles. The molecule has 2 aromatic rings. The summed E-state index contributed by atoms with van der Waals surface area (Å²) in [6, 6.07) is 10.7. The quantitative estimate of drug-likeness (QED) is 0.782. The molecular formula is C18H24N2. The highest BCUT2D eigenvalue weighted by molar-refractivity contribution is 5.55. The van der Waals surface area contributed by atoms with Crippen LogP contribution >= 0.6 is 0 Å². The standard InChI is InChI=1S/C18H24N2/c1-5-15(6-2)12-16-7-9-17(10-8-16)18-19-13(3)11-14(4)20-18/h7-11,15H,5-6,12H2,1-4H3. The first-order valence-electron chi connectivity index (χ1n) is 7.54. The highest BCUT2D eigenvalue weighted by Gasteiger charge is 2.07. The summed E-state index contributed by atoms with van der Waals surface area (Å²) in [4.78, 5) is 9.03. The molecule has 0 radical (unpaired) electrons. The second-order valence-electron chi connectivity index (χ2n) is 5.56. The third kappa shape index (κ3) is 3.66. The van der Waals surface area contributed by atoms with E-state index in [1.54, 1.807) is 0 Å². The van der Waals surface area contributed by atoms with Crippen molar-refractivity contribution in [1.82, 2.24) is 9.97 Å². The molecule has 0 saturated carbocycles. The van der Waals surface area contributed by atoms with Crippen LogP contribution in [0.1, 0.15) is 43.6 Å². The molecule has 1 aromatic heterocycles. The van der Waals surface area contributed by atoms with Gasteiger partial charge in [-0.05, 0) is 37.8 Å². The third-order valence-electron chi connectivity index (χ3n) is 3.87. The molecule has 0 aliphatic carbocycles. The summed E-state index contributed by atoms with van der Waals surface area (Å²) in [6.07, 6.45) is 3.66. The van der Waals surface area contributed by atoms with Gasteiger partial charge in [-0.3, -0.25) is 0 Å². The van der Waals surface area contributed by atoms with Crippen LogP contribution in [-0.2, 0) is 6.42 Å². The van der Waals surface area contributed by atoms with Crippen LogP contribution in [0, 0.1) is 19.8 Å². The van der Waals surface area contributed by atoms with Crippen LogP contribution in [-0.4, -0.2) is 9.97 Å². The molecule has 0 spiro atoms. The summed E-state index contributed by atoms with van der Waals surface area (Å²) >= 11 is 0. The van der Waals surface area contributed by atoms with E-state index in [4.69, 9.17) is 0 Å². The van der Waals surface area contributed by atoms with E-state index in [1.807, 2.05) is 19.9 Å². The fourth-order valence-electron chi connectivity index (χ4n) is 2.56.